The maximum absolute atomic E-state index is 11.0. The predicted octanol–water partition coefficient (Wildman–Crippen LogP) is 3.62. The fraction of sp³-hybridized carbons (Fsp3) is 0.133. The molecule has 4 heteroatoms. The first-order valence-electron chi connectivity index (χ1n) is 5.80. The van der Waals surface area contributed by atoms with E-state index in [0.29, 0.717) is 17.9 Å². The Kier molecular flexibility index (Phi) is 4.95. The highest BCUT2D eigenvalue weighted by Crippen LogP contribution is 2.15. The van der Waals surface area contributed by atoms with Crippen LogP contribution >= 0.6 is 11.6 Å². The molecule has 0 aliphatic carbocycles. The molecule has 2 aromatic carbocycles. The molecule has 0 atom stereocenters. The van der Waals surface area contributed by atoms with Crippen molar-refractivity contribution >= 4 is 16.8 Å². The molecule has 0 spiro atoms. The third kappa shape index (κ3) is 4.39. The minimum atomic E-state index is -0.504. The first-order valence-corrected chi connectivity index (χ1v) is 6.18. The van der Waals surface area contributed by atoms with Gasteiger partial charge in [-0.05, 0) is 35.4 Å². The van der Waals surface area contributed by atoms with Gasteiger partial charge in [-0.1, -0.05) is 36.4 Å². The molecule has 0 saturated carbocycles. The quantitative estimate of drug-likeness (QED) is 0.459. The Bertz CT molecular complexity index is 540. The number of hydrogen-bond acceptors (Lipinski definition) is 3. The van der Waals surface area contributed by atoms with Crippen molar-refractivity contribution in [3.05, 3.63) is 65.7 Å². The number of ether oxygens (including phenoxy) is 2. The van der Waals surface area contributed by atoms with E-state index in [1.807, 2.05) is 30.3 Å². The van der Waals surface area contributed by atoms with Crippen molar-refractivity contribution in [1.82, 2.24) is 0 Å². The van der Waals surface area contributed by atoms with E-state index < -0.39 is 5.24 Å². The zero-order chi connectivity index (χ0) is 13.5. The smallest absolute Gasteiger partial charge is 0.252 e. The summed E-state index contributed by atoms with van der Waals surface area (Å²) in [5.74, 6) is 0.555. The topological polar surface area (TPSA) is 35.5 Å². The van der Waals surface area contributed by atoms with E-state index in [9.17, 15) is 4.79 Å². The maximum atomic E-state index is 11.0. The maximum Gasteiger partial charge on any atom is 0.252 e. The fourth-order valence-electron chi connectivity index (χ4n) is 1.55. The lowest BCUT2D eigenvalue weighted by molar-refractivity contribution is 0.00501. The van der Waals surface area contributed by atoms with E-state index in [4.69, 9.17) is 21.1 Å². The van der Waals surface area contributed by atoms with Gasteiger partial charge in [0.05, 0.1) is 6.61 Å². The van der Waals surface area contributed by atoms with Crippen molar-refractivity contribution in [3.8, 4) is 5.75 Å². The fourth-order valence-corrected chi connectivity index (χ4v) is 1.67. The van der Waals surface area contributed by atoms with Crippen LogP contribution in [0.3, 0.4) is 0 Å². The average molecular weight is 277 g/mol. The molecular formula is C15H13ClO3. The lowest BCUT2D eigenvalue weighted by Gasteiger charge is -2.07. The van der Waals surface area contributed by atoms with Crippen LogP contribution in [0.25, 0.3) is 0 Å². The van der Waals surface area contributed by atoms with Gasteiger partial charge in [-0.15, -0.1) is 0 Å². The number of halogens is 1. The van der Waals surface area contributed by atoms with E-state index in [-0.39, 0.29) is 6.79 Å². The molecule has 19 heavy (non-hydrogen) atoms. The molecule has 2 aromatic rings. The third-order valence-electron chi connectivity index (χ3n) is 2.48. The monoisotopic (exact) mass is 276 g/mol. The molecule has 0 N–H and O–H groups in total. The van der Waals surface area contributed by atoms with Crippen molar-refractivity contribution in [2.24, 2.45) is 0 Å². The Morgan fingerprint density at radius 2 is 1.84 bits per heavy atom. The molecule has 0 aliphatic heterocycles. The lowest BCUT2D eigenvalue weighted by Crippen LogP contribution is -2.03. The molecule has 3 nitrogen and oxygen atoms in total. The minimum Gasteiger partial charge on any atom is -0.468 e. The van der Waals surface area contributed by atoms with Crippen LogP contribution in [-0.2, 0) is 11.3 Å². The van der Waals surface area contributed by atoms with Crippen molar-refractivity contribution in [3.63, 3.8) is 0 Å². The summed E-state index contributed by atoms with van der Waals surface area (Å²) in [5.41, 5.74) is 1.48. The van der Waals surface area contributed by atoms with E-state index in [1.165, 1.54) is 0 Å². The Labute approximate surface area is 116 Å². The van der Waals surface area contributed by atoms with Crippen LogP contribution in [0.15, 0.2) is 54.6 Å². The largest absolute Gasteiger partial charge is 0.468 e. The molecule has 0 fully saturated rings. The van der Waals surface area contributed by atoms with Crippen LogP contribution in [0.4, 0.5) is 0 Å². The van der Waals surface area contributed by atoms with E-state index in [0.717, 1.165) is 5.56 Å². The van der Waals surface area contributed by atoms with Crippen LogP contribution in [0, 0.1) is 0 Å². The van der Waals surface area contributed by atoms with Gasteiger partial charge >= 0.3 is 0 Å². The van der Waals surface area contributed by atoms with Crippen molar-refractivity contribution in [2.75, 3.05) is 6.79 Å². The number of carbonyl (C=O) groups excluding carboxylic acids is 1. The van der Waals surface area contributed by atoms with Gasteiger partial charge in [0, 0.05) is 5.56 Å². The molecule has 0 saturated heterocycles. The molecule has 0 unspecified atom stereocenters. The van der Waals surface area contributed by atoms with Gasteiger partial charge in [-0.2, -0.15) is 0 Å². The standard InChI is InChI=1S/C15H13ClO3/c16-15(17)13-7-4-8-14(9-13)19-11-18-10-12-5-2-1-3-6-12/h1-9H,10-11H2. The molecule has 0 heterocycles. The Morgan fingerprint density at radius 1 is 1.05 bits per heavy atom. The van der Waals surface area contributed by atoms with Crippen LogP contribution in [0.2, 0.25) is 0 Å². The van der Waals surface area contributed by atoms with Crippen molar-refractivity contribution in [1.29, 1.82) is 0 Å². The molecule has 98 valence electrons. The second-order valence-corrected chi connectivity index (χ2v) is 4.24. The summed E-state index contributed by atoms with van der Waals surface area (Å²) >= 11 is 5.39. The van der Waals surface area contributed by atoms with E-state index in [2.05, 4.69) is 0 Å². The van der Waals surface area contributed by atoms with Crippen LogP contribution in [-0.4, -0.2) is 12.0 Å². The summed E-state index contributed by atoms with van der Waals surface area (Å²) in [6.45, 7) is 0.601. The molecule has 2 rings (SSSR count). The highest BCUT2D eigenvalue weighted by Gasteiger charge is 2.02. The summed E-state index contributed by atoms with van der Waals surface area (Å²) in [7, 11) is 0. The summed E-state index contributed by atoms with van der Waals surface area (Å²) in [5, 5.41) is -0.504. The number of benzene rings is 2. The van der Waals surface area contributed by atoms with Gasteiger partial charge in [0.1, 0.15) is 5.75 Å². The third-order valence-corrected chi connectivity index (χ3v) is 2.70. The van der Waals surface area contributed by atoms with E-state index in [1.54, 1.807) is 24.3 Å². The Morgan fingerprint density at radius 3 is 2.58 bits per heavy atom. The second kappa shape index (κ2) is 6.92. The SMILES string of the molecule is O=C(Cl)c1cccc(OCOCc2ccccc2)c1. The average Bonchev–Trinajstić information content (AvgIpc) is 2.45. The highest BCUT2D eigenvalue weighted by atomic mass is 35.5. The van der Waals surface area contributed by atoms with Crippen LogP contribution < -0.4 is 4.74 Å². The Balaban J connectivity index is 1.80. The van der Waals surface area contributed by atoms with E-state index >= 15 is 0 Å². The first kappa shape index (κ1) is 13.6. The highest BCUT2D eigenvalue weighted by molar-refractivity contribution is 6.67. The van der Waals surface area contributed by atoms with Gasteiger partial charge in [-0.3, -0.25) is 4.79 Å². The molecule has 0 aromatic heterocycles. The summed E-state index contributed by atoms with van der Waals surface area (Å²) in [4.78, 5) is 11.0. The zero-order valence-electron chi connectivity index (χ0n) is 10.2. The van der Waals surface area contributed by atoms with Crippen LogP contribution in [0.5, 0.6) is 5.75 Å². The molecule has 0 aliphatic rings. The summed E-state index contributed by atoms with van der Waals surface area (Å²) in [6, 6.07) is 16.5. The minimum absolute atomic E-state index is 0.120. The first-order chi connectivity index (χ1) is 9.25. The summed E-state index contributed by atoms with van der Waals surface area (Å²) in [6.07, 6.45) is 0. The van der Waals surface area contributed by atoms with Crippen molar-refractivity contribution in [2.45, 2.75) is 6.61 Å². The van der Waals surface area contributed by atoms with Gasteiger partial charge in [-0.25, -0.2) is 0 Å². The summed E-state index contributed by atoms with van der Waals surface area (Å²) < 4.78 is 10.8. The lowest BCUT2D eigenvalue weighted by atomic mass is 10.2. The molecular weight excluding hydrogens is 264 g/mol. The predicted molar refractivity (Wildman–Crippen MR) is 73.4 cm³/mol. The van der Waals surface area contributed by atoms with Gasteiger partial charge in [0.2, 0.25) is 0 Å². The van der Waals surface area contributed by atoms with Gasteiger partial charge < -0.3 is 9.47 Å². The van der Waals surface area contributed by atoms with Gasteiger partial charge in [0.15, 0.2) is 6.79 Å². The number of rotatable bonds is 6. The second-order valence-electron chi connectivity index (χ2n) is 3.90. The number of carbonyl (C=O) groups is 1. The zero-order valence-corrected chi connectivity index (χ0v) is 11.0. The molecule has 0 bridgehead atoms. The normalized spacial score (nSPS) is 10.2. The van der Waals surface area contributed by atoms with Crippen molar-refractivity contribution < 1.29 is 14.3 Å². The Hall–Kier alpha value is -1.84. The molecule has 0 amide bonds. The number of hydrogen-bond donors (Lipinski definition) is 0. The van der Waals surface area contributed by atoms with Gasteiger partial charge in [0.25, 0.3) is 5.24 Å². The van der Waals surface area contributed by atoms with Crippen LogP contribution in [0.1, 0.15) is 15.9 Å². The molecule has 0 radical (unpaired) electrons.